The van der Waals surface area contributed by atoms with E-state index in [1.807, 2.05) is 17.9 Å². The van der Waals surface area contributed by atoms with Gasteiger partial charge in [-0.2, -0.15) is 5.10 Å². The molecule has 1 unspecified atom stereocenters. The average Bonchev–Trinajstić information content (AvgIpc) is 2.91. The van der Waals surface area contributed by atoms with Crippen LogP contribution in [-0.4, -0.2) is 21.5 Å². The van der Waals surface area contributed by atoms with Crippen LogP contribution in [0.1, 0.15) is 36.0 Å². The normalized spacial score (nSPS) is 21.7. The lowest BCUT2D eigenvalue weighted by Gasteiger charge is -2.38. The first kappa shape index (κ1) is 13.4. The number of aliphatic hydroxyl groups excluding tert-OH is 1. The zero-order valence-electron chi connectivity index (χ0n) is 12.0. The van der Waals surface area contributed by atoms with Crippen LogP contribution in [0.3, 0.4) is 0 Å². The molecule has 20 heavy (non-hydrogen) atoms. The molecular formula is C17H22N2O. The highest BCUT2D eigenvalue weighted by Crippen LogP contribution is 2.40. The van der Waals surface area contributed by atoms with E-state index in [0.717, 1.165) is 25.7 Å². The summed E-state index contributed by atoms with van der Waals surface area (Å²) in [6, 6.07) is 8.61. The van der Waals surface area contributed by atoms with Crippen LogP contribution in [0.5, 0.6) is 0 Å². The highest BCUT2D eigenvalue weighted by Gasteiger charge is 2.35. The largest absolute Gasteiger partial charge is 0.395 e. The smallest absolute Gasteiger partial charge is 0.0528 e. The Kier molecular flexibility index (Phi) is 3.62. The summed E-state index contributed by atoms with van der Waals surface area (Å²) >= 11 is 0. The Morgan fingerprint density at radius 1 is 1.35 bits per heavy atom. The summed E-state index contributed by atoms with van der Waals surface area (Å²) in [6.45, 7) is 0.240. The Morgan fingerprint density at radius 3 is 2.95 bits per heavy atom. The van der Waals surface area contributed by atoms with Gasteiger partial charge in [-0.3, -0.25) is 4.68 Å². The minimum Gasteiger partial charge on any atom is -0.395 e. The van der Waals surface area contributed by atoms with E-state index in [4.69, 9.17) is 0 Å². The Hall–Kier alpha value is -1.61. The molecule has 0 spiro atoms. The lowest BCUT2D eigenvalue weighted by molar-refractivity contribution is 0.165. The molecule has 1 aliphatic carbocycles. The Balaban J connectivity index is 1.85. The Labute approximate surface area is 120 Å². The Bertz CT molecular complexity index is 590. The van der Waals surface area contributed by atoms with Crippen molar-refractivity contribution >= 4 is 0 Å². The van der Waals surface area contributed by atoms with Gasteiger partial charge in [-0.15, -0.1) is 0 Å². The number of hydrogen-bond acceptors (Lipinski definition) is 2. The standard InChI is InChI=1S/C17H22N2O/c1-19-12-14(11-18-19)8-10-17(13-20)9-4-6-15-5-2-3-7-16(15)17/h2-3,5,7,11-12,20H,4,6,8-10,13H2,1H3. The average molecular weight is 270 g/mol. The van der Waals surface area contributed by atoms with E-state index >= 15 is 0 Å². The topological polar surface area (TPSA) is 38.0 Å². The van der Waals surface area contributed by atoms with Crippen LogP contribution >= 0.6 is 0 Å². The molecule has 0 saturated heterocycles. The quantitative estimate of drug-likeness (QED) is 0.927. The van der Waals surface area contributed by atoms with E-state index in [1.165, 1.54) is 23.1 Å². The summed E-state index contributed by atoms with van der Waals surface area (Å²) in [4.78, 5) is 0. The fourth-order valence-electron chi connectivity index (χ4n) is 3.50. The summed E-state index contributed by atoms with van der Waals surface area (Å²) < 4.78 is 1.84. The molecule has 2 aromatic rings. The van der Waals surface area contributed by atoms with Gasteiger partial charge in [0.2, 0.25) is 0 Å². The van der Waals surface area contributed by atoms with E-state index in [9.17, 15) is 5.11 Å². The van der Waals surface area contributed by atoms with Gasteiger partial charge in [0.1, 0.15) is 0 Å². The molecule has 0 fully saturated rings. The maximum absolute atomic E-state index is 10.1. The van der Waals surface area contributed by atoms with Gasteiger partial charge in [-0.25, -0.2) is 0 Å². The van der Waals surface area contributed by atoms with Crippen molar-refractivity contribution in [2.45, 2.75) is 37.5 Å². The predicted octanol–water partition coefficient (Wildman–Crippen LogP) is 2.62. The van der Waals surface area contributed by atoms with Crippen LogP contribution in [0, 0.1) is 0 Å². The fraction of sp³-hybridized carbons (Fsp3) is 0.471. The molecule has 1 N–H and O–H groups in total. The molecule has 0 saturated carbocycles. The summed E-state index contributed by atoms with van der Waals surface area (Å²) in [7, 11) is 1.95. The molecule has 0 radical (unpaired) electrons. The molecular weight excluding hydrogens is 248 g/mol. The van der Waals surface area contributed by atoms with Crippen LogP contribution in [0.4, 0.5) is 0 Å². The van der Waals surface area contributed by atoms with Gasteiger partial charge in [-0.05, 0) is 48.8 Å². The first-order valence-corrected chi connectivity index (χ1v) is 7.40. The van der Waals surface area contributed by atoms with E-state index in [0.29, 0.717) is 0 Å². The molecule has 1 aromatic heterocycles. The summed E-state index contributed by atoms with van der Waals surface area (Å²) in [5.74, 6) is 0. The van der Waals surface area contributed by atoms with Gasteiger partial charge in [0, 0.05) is 18.7 Å². The summed E-state index contributed by atoms with van der Waals surface area (Å²) in [6.07, 6.45) is 9.37. The Morgan fingerprint density at radius 2 is 2.20 bits per heavy atom. The van der Waals surface area contributed by atoms with Gasteiger partial charge in [0.15, 0.2) is 0 Å². The number of aromatic nitrogens is 2. The zero-order valence-corrected chi connectivity index (χ0v) is 12.0. The van der Waals surface area contributed by atoms with Crippen molar-refractivity contribution in [3.8, 4) is 0 Å². The SMILES string of the molecule is Cn1cc(CCC2(CO)CCCc3ccccc32)cn1. The lowest BCUT2D eigenvalue weighted by Crippen LogP contribution is -2.35. The number of fused-ring (bicyclic) bond motifs is 1. The molecule has 1 aromatic carbocycles. The third-order valence-corrected chi connectivity index (χ3v) is 4.64. The second-order valence-corrected chi connectivity index (χ2v) is 5.97. The molecule has 1 heterocycles. The summed E-state index contributed by atoms with van der Waals surface area (Å²) in [5, 5.41) is 14.3. The van der Waals surface area contributed by atoms with E-state index in [1.54, 1.807) is 0 Å². The third-order valence-electron chi connectivity index (χ3n) is 4.64. The first-order valence-electron chi connectivity index (χ1n) is 7.40. The fourth-order valence-corrected chi connectivity index (χ4v) is 3.50. The van der Waals surface area contributed by atoms with Crippen molar-refractivity contribution < 1.29 is 5.11 Å². The third kappa shape index (κ3) is 2.38. The van der Waals surface area contributed by atoms with Crippen molar-refractivity contribution in [2.24, 2.45) is 7.05 Å². The molecule has 0 bridgehead atoms. The molecule has 1 atom stereocenters. The minimum absolute atomic E-state index is 0.0648. The van der Waals surface area contributed by atoms with Gasteiger partial charge >= 0.3 is 0 Å². The maximum atomic E-state index is 10.1. The maximum Gasteiger partial charge on any atom is 0.0528 e. The van der Waals surface area contributed by atoms with Gasteiger partial charge < -0.3 is 5.11 Å². The van der Waals surface area contributed by atoms with Crippen molar-refractivity contribution in [3.63, 3.8) is 0 Å². The molecule has 3 nitrogen and oxygen atoms in total. The van der Waals surface area contributed by atoms with E-state index in [-0.39, 0.29) is 12.0 Å². The van der Waals surface area contributed by atoms with Gasteiger partial charge in [-0.1, -0.05) is 24.3 Å². The van der Waals surface area contributed by atoms with Gasteiger partial charge in [0.25, 0.3) is 0 Å². The van der Waals surface area contributed by atoms with Crippen LogP contribution < -0.4 is 0 Å². The second kappa shape index (κ2) is 5.41. The highest BCUT2D eigenvalue weighted by atomic mass is 16.3. The number of benzene rings is 1. The number of rotatable bonds is 4. The van der Waals surface area contributed by atoms with Crippen LogP contribution in [0.15, 0.2) is 36.7 Å². The van der Waals surface area contributed by atoms with E-state index in [2.05, 4.69) is 35.6 Å². The van der Waals surface area contributed by atoms with Crippen LogP contribution in [-0.2, 0) is 25.3 Å². The molecule has 3 rings (SSSR count). The van der Waals surface area contributed by atoms with E-state index < -0.39 is 0 Å². The molecule has 106 valence electrons. The molecule has 1 aliphatic rings. The summed E-state index contributed by atoms with van der Waals surface area (Å²) in [5.41, 5.74) is 3.96. The number of aliphatic hydroxyl groups is 1. The zero-order chi connectivity index (χ0) is 14.0. The van der Waals surface area contributed by atoms with Crippen molar-refractivity contribution in [3.05, 3.63) is 53.3 Å². The lowest BCUT2D eigenvalue weighted by atomic mass is 9.67. The van der Waals surface area contributed by atoms with Crippen molar-refractivity contribution in [1.82, 2.24) is 9.78 Å². The number of hydrogen-bond donors (Lipinski definition) is 1. The molecule has 0 aliphatic heterocycles. The highest BCUT2D eigenvalue weighted by molar-refractivity contribution is 5.37. The molecule has 3 heteroatoms. The van der Waals surface area contributed by atoms with Crippen molar-refractivity contribution in [1.29, 1.82) is 0 Å². The van der Waals surface area contributed by atoms with Gasteiger partial charge in [0.05, 0.1) is 12.8 Å². The van der Waals surface area contributed by atoms with Crippen molar-refractivity contribution in [2.75, 3.05) is 6.61 Å². The number of aryl methyl sites for hydroxylation is 3. The van der Waals surface area contributed by atoms with Crippen LogP contribution in [0.25, 0.3) is 0 Å². The minimum atomic E-state index is -0.0648. The second-order valence-electron chi connectivity index (χ2n) is 5.97. The molecule has 0 amide bonds. The monoisotopic (exact) mass is 270 g/mol. The predicted molar refractivity (Wildman–Crippen MR) is 79.7 cm³/mol. The number of nitrogens with zero attached hydrogens (tertiary/aromatic N) is 2. The van der Waals surface area contributed by atoms with Crippen LogP contribution in [0.2, 0.25) is 0 Å². The first-order chi connectivity index (χ1) is 9.73.